The highest BCUT2D eigenvalue weighted by molar-refractivity contribution is 6.39. The summed E-state index contributed by atoms with van der Waals surface area (Å²) in [6, 6.07) is 24.8. The summed E-state index contributed by atoms with van der Waals surface area (Å²) in [6.45, 7) is 0. The van der Waals surface area contributed by atoms with Crippen molar-refractivity contribution in [1.82, 2.24) is 5.43 Å². The number of nitrogens with one attached hydrogen (secondary N) is 2. The monoisotopic (exact) mass is 397 g/mol. The highest BCUT2D eigenvalue weighted by Crippen LogP contribution is 2.27. The van der Waals surface area contributed by atoms with Crippen molar-refractivity contribution < 1.29 is 14.3 Å². The molecule has 4 rings (SSSR count). The van der Waals surface area contributed by atoms with E-state index in [1.165, 1.54) is 7.11 Å². The Kier molecular flexibility index (Phi) is 5.39. The van der Waals surface area contributed by atoms with Crippen LogP contribution in [0.5, 0.6) is 5.75 Å². The molecule has 0 aliphatic rings. The minimum Gasteiger partial charge on any atom is -0.497 e. The van der Waals surface area contributed by atoms with E-state index >= 15 is 0 Å². The van der Waals surface area contributed by atoms with Gasteiger partial charge in [-0.3, -0.25) is 9.59 Å². The minimum absolute atomic E-state index is 0.457. The van der Waals surface area contributed by atoms with Crippen LogP contribution in [-0.2, 0) is 9.59 Å². The predicted octanol–water partition coefficient (Wildman–Crippen LogP) is 4.09. The molecular formula is C24H19N3O3. The molecule has 4 aromatic carbocycles. The van der Waals surface area contributed by atoms with E-state index in [2.05, 4.69) is 21.9 Å². The summed E-state index contributed by atoms with van der Waals surface area (Å²) in [5.74, 6) is -1.10. The number of amides is 2. The van der Waals surface area contributed by atoms with E-state index in [0.717, 1.165) is 27.1 Å². The largest absolute Gasteiger partial charge is 0.497 e. The number of hydrazone groups is 1. The van der Waals surface area contributed by atoms with E-state index in [-0.39, 0.29) is 0 Å². The molecule has 30 heavy (non-hydrogen) atoms. The van der Waals surface area contributed by atoms with Crippen molar-refractivity contribution in [2.24, 2.45) is 5.10 Å². The molecule has 0 fully saturated rings. The van der Waals surface area contributed by atoms with Crippen molar-refractivity contribution in [1.29, 1.82) is 0 Å². The van der Waals surface area contributed by atoms with Crippen LogP contribution in [0.25, 0.3) is 21.5 Å². The van der Waals surface area contributed by atoms with Crippen LogP contribution in [0.2, 0.25) is 0 Å². The first-order valence-corrected chi connectivity index (χ1v) is 9.34. The number of carbonyl (C=O) groups excluding carboxylic acids is 2. The summed E-state index contributed by atoms with van der Waals surface area (Å²) in [5.41, 5.74) is 3.63. The second kappa shape index (κ2) is 8.45. The molecule has 0 saturated carbocycles. The van der Waals surface area contributed by atoms with Gasteiger partial charge in [0.25, 0.3) is 0 Å². The number of hydrogen-bond donors (Lipinski definition) is 2. The molecule has 0 aliphatic carbocycles. The third-order valence-corrected chi connectivity index (χ3v) is 4.71. The average molecular weight is 397 g/mol. The van der Waals surface area contributed by atoms with Crippen molar-refractivity contribution in [3.05, 3.63) is 84.4 Å². The van der Waals surface area contributed by atoms with Crippen molar-refractivity contribution in [3.63, 3.8) is 0 Å². The molecule has 0 atom stereocenters. The molecule has 148 valence electrons. The quantitative estimate of drug-likeness (QED) is 0.236. The molecule has 0 aromatic heterocycles. The fourth-order valence-electron chi connectivity index (χ4n) is 3.28. The summed E-state index contributed by atoms with van der Waals surface area (Å²) in [4.78, 5) is 24.3. The van der Waals surface area contributed by atoms with Crippen LogP contribution in [-0.4, -0.2) is 25.1 Å². The summed E-state index contributed by atoms with van der Waals surface area (Å²) >= 11 is 0. The van der Waals surface area contributed by atoms with Gasteiger partial charge in [0.05, 0.1) is 13.3 Å². The number of benzene rings is 4. The second-order valence-corrected chi connectivity index (χ2v) is 6.62. The number of hydrogen-bond acceptors (Lipinski definition) is 4. The Hall–Kier alpha value is -4.19. The van der Waals surface area contributed by atoms with E-state index in [0.29, 0.717) is 11.4 Å². The zero-order valence-electron chi connectivity index (χ0n) is 16.3. The van der Waals surface area contributed by atoms with Crippen LogP contribution < -0.4 is 15.5 Å². The Labute approximate surface area is 173 Å². The minimum atomic E-state index is -0.862. The lowest BCUT2D eigenvalue weighted by Crippen LogP contribution is -2.32. The molecule has 0 spiro atoms. The lowest BCUT2D eigenvalue weighted by molar-refractivity contribution is -0.136. The van der Waals surface area contributed by atoms with Gasteiger partial charge in [0.1, 0.15) is 5.75 Å². The van der Waals surface area contributed by atoms with Crippen LogP contribution in [0.4, 0.5) is 5.69 Å². The van der Waals surface area contributed by atoms with Gasteiger partial charge in [0.2, 0.25) is 0 Å². The summed E-state index contributed by atoms with van der Waals surface area (Å²) < 4.78 is 5.11. The first kappa shape index (κ1) is 19.1. The standard InChI is InChI=1S/C24H19N3O3/c1-30-19-10-6-9-18(14-19)26-23(28)24(29)27-25-15-22-20-11-4-2-7-16(20)13-17-8-3-5-12-21(17)22/h2-15H,1H3,(H,26,28)(H,27,29)/b25-15+. The SMILES string of the molecule is COc1cccc(NC(=O)C(=O)N/N=C/c2c3ccccc3cc3ccccc23)c1. The Balaban J connectivity index is 1.54. The topological polar surface area (TPSA) is 79.8 Å². The van der Waals surface area contributed by atoms with E-state index in [1.807, 2.05) is 48.5 Å². The fourth-order valence-corrected chi connectivity index (χ4v) is 3.28. The number of ether oxygens (including phenoxy) is 1. The number of fused-ring (bicyclic) bond motifs is 2. The zero-order valence-corrected chi connectivity index (χ0v) is 16.3. The normalized spacial score (nSPS) is 11.0. The summed E-state index contributed by atoms with van der Waals surface area (Å²) in [6.07, 6.45) is 1.57. The first-order valence-electron chi connectivity index (χ1n) is 9.34. The van der Waals surface area contributed by atoms with Crippen LogP contribution in [0.15, 0.2) is 84.0 Å². The summed E-state index contributed by atoms with van der Waals surface area (Å²) in [5, 5.41) is 10.7. The third kappa shape index (κ3) is 3.98. The maximum Gasteiger partial charge on any atom is 0.329 e. The number of methoxy groups -OCH3 is 1. The smallest absolute Gasteiger partial charge is 0.329 e. The molecule has 0 aliphatic heterocycles. The molecule has 2 N–H and O–H groups in total. The summed E-state index contributed by atoms with van der Waals surface area (Å²) in [7, 11) is 1.53. The number of nitrogens with zero attached hydrogens (tertiary/aromatic N) is 1. The van der Waals surface area contributed by atoms with Crippen LogP contribution in [0.3, 0.4) is 0 Å². The van der Waals surface area contributed by atoms with Gasteiger partial charge < -0.3 is 10.1 Å². The Bertz CT molecular complexity index is 1230. The second-order valence-electron chi connectivity index (χ2n) is 6.62. The Morgan fingerprint density at radius 3 is 2.17 bits per heavy atom. The van der Waals surface area contributed by atoms with Gasteiger partial charge >= 0.3 is 11.8 Å². The molecule has 6 heteroatoms. The Morgan fingerprint density at radius 2 is 1.50 bits per heavy atom. The molecule has 0 heterocycles. The van der Waals surface area contributed by atoms with E-state index in [1.54, 1.807) is 30.5 Å². The van der Waals surface area contributed by atoms with Gasteiger partial charge in [0.15, 0.2) is 0 Å². The molecule has 6 nitrogen and oxygen atoms in total. The maximum absolute atomic E-state index is 12.2. The van der Waals surface area contributed by atoms with E-state index in [4.69, 9.17) is 4.74 Å². The van der Waals surface area contributed by atoms with Gasteiger partial charge in [-0.05, 0) is 39.7 Å². The van der Waals surface area contributed by atoms with Crippen molar-refractivity contribution in [2.45, 2.75) is 0 Å². The molecular weight excluding hydrogens is 378 g/mol. The van der Waals surface area contributed by atoms with Crippen LogP contribution >= 0.6 is 0 Å². The lowest BCUT2D eigenvalue weighted by atomic mass is 9.97. The average Bonchev–Trinajstić information content (AvgIpc) is 2.78. The predicted molar refractivity (Wildman–Crippen MR) is 119 cm³/mol. The van der Waals surface area contributed by atoms with Gasteiger partial charge in [-0.25, -0.2) is 5.43 Å². The van der Waals surface area contributed by atoms with E-state index < -0.39 is 11.8 Å². The molecule has 4 aromatic rings. The van der Waals surface area contributed by atoms with Crippen LogP contribution in [0.1, 0.15) is 5.56 Å². The molecule has 0 radical (unpaired) electrons. The highest BCUT2D eigenvalue weighted by Gasteiger charge is 2.13. The molecule has 0 saturated heterocycles. The maximum atomic E-state index is 12.2. The number of rotatable bonds is 4. The molecule has 0 bridgehead atoms. The molecule has 2 amide bonds. The van der Waals surface area contributed by atoms with Crippen molar-refractivity contribution >= 4 is 45.3 Å². The van der Waals surface area contributed by atoms with Gasteiger partial charge in [-0.2, -0.15) is 5.10 Å². The lowest BCUT2D eigenvalue weighted by Gasteiger charge is -2.08. The van der Waals surface area contributed by atoms with Gasteiger partial charge in [0, 0.05) is 17.3 Å². The zero-order chi connectivity index (χ0) is 20.9. The number of carbonyl (C=O) groups is 2. The van der Waals surface area contributed by atoms with Crippen molar-refractivity contribution in [2.75, 3.05) is 12.4 Å². The Morgan fingerprint density at radius 1 is 0.833 bits per heavy atom. The van der Waals surface area contributed by atoms with Crippen LogP contribution in [0, 0.1) is 0 Å². The molecule has 0 unspecified atom stereocenters. The number of anilines is 1. The fraction of sp³-hybridized carbons (Fsp3) is 0.0417. The van der Waals surface area contributed by atoms with Gasteiger partial charge in [-0.1, -0.05) is 54.6 Å². The van der Waals surface area contributed by atoms with Crippen molar-refractivity contribution in [3.8, 4) is 5.75 Å². The van der Waals surface area contributed by atoms with E-state index in [9.17, 15) is 9.59 Å². The first-order chi connectivity index (χ1) is 14.7. The van der Waals surface area contributed by atoms with Gasteiger partial charge in [-0.15, -0.1) is 0 Å². The highest BCUT2D eigenvalue weighted by atomic mass is 16.5. The third-order valence-electron chi connectivity index (χ3n) is 4.71.